The van der Waals surface area contributed by atoms with Crippen molar-refractivity contribution in [2.75, 3.05) is 73.4 Å². The summed E-state index contributed by atoms with van der Waals surface area (Å²) < 4.78 is 73.1. The Balaban J connectivity index is 0.730. The fourth-order valence-electron chi connectivity index (χ4n) is 9.83. The molecule has 0 radical (unpaired) electrons. The SMILES string of the molecule is O=C1CCC(N2Cc3cc(N4CCC(CN5CCN(c6ccc(-c7cnc8[nH]cc(C(=O)c9c(F)ccc(NS(=O)(=O)N%10CC[C@@H](F)C%10)c9F)c8c7)cn6)CC5)CC4)ccc3C2=O)C(=O)N1. The molecule has 16 nitrogen and oxygen atoms in total. The maximum Gasteiger partial charge on any atom is 0.301 e. The molecule has 4 fully saturated rings. The summed E-state index contributed by atoms with van der Waals surface area (Å²) in [5.74, 6) is -3.08. The molecule has 8 heterocycles. The van der Waals surface area contributed by atoms with E-state index in [1.807, 2.05) is 29.0 Å². The highest BCUT2D eigenvalue weighted by molar-refractivity contribution is 7.90. The predicted octanol–water partition coefficient (Wildman–Crippen LogP) is 4.63. The van der Waals surface area contributed by atoms with Gasteiger partial charge in [-0.25, -0.2) is 23.1 Å². The van der Waals surface area contributed by atoms with E-state index in [-0.39, 0.29) is 36.8 Å². The molecular formula is C46H47F3N10O6S. The lowest BCUT2D eigenvalue weighted by Crippen LogP contribution is -2.52. The lowest BCUT2D eigenvalue weighted by molar-refractivity contribution is -0.136. The number of piperidine rings is 2. The third-order valence-electron chi connectivity index (χ3n) is 13.5. The number of alkyl halides is 1. The highest BCUT2D eigenvalue weighted by Gasteiger charge is 2.40. The van der Waals surface area contributed by atoms with Crippen molar-refractivity contribution >= 4 is 61.9 Å². The van der Waals surface area contributed by atoms with E-state index >= 15 is 8.78 Å². The third-order valence-corrected chi connectivity index (χ3v) is 15.0. The van der Waals surface area contributed by atoms with Crippen LogP contribution in [0.1, 0.15) is 63.9 Å². The van der Waals surface area contributed by atoms with Gasteiger partial charge in [-0.2, -0.15) is 12.7 Å². The number of fused-ring (bicyclic) bond motifs is 2. The van der Waals surface area contributed by atoms with Gasteiger partial charge in [0.2, 0.25) is 17.6 Å². The standard InChI is InChI=1S/C46H47F3N10O6S/c47-31-11-14-58(26-31)66(64,65)54-37-5-4-36(48)41(42(37)49)43(61)35-23-52-44-34(35)20-29(22-51-44)28-1-7-39(50-21-28)57-17-15-55(16-18-57)24-27-9-12-56(13-10-27)32-2-3-33-30(19-32)25-59(46(33)63)38-6-8-40(60)53-45(38)62/h1-5,7,19-23,27,31,38,54H,6,8-18,24-26H2,(H,51,52)(H,53,60,62)/t31-,38?/m1/s1. The van der Waals surface area contributed by atoms with Crippen molar-refractivity contribution in [2.45, 2.75) is 50.9 Å². The third kappa shape index (κ3) is 8.36. The number of piperazine rings is 1. The second-order valence-electron chi connectivity index (χ2n) is 17.7. The van der Waals surface area contributed by atoms with E-state index < -0.39 is 63.5 Å². The number of nitrogens with zero attached hydrogens (tertiary/aromatic N) is 7. The summed E-state index contributed by atoms with van der Waals surface area (Å²) >= 11 is 0. The predicted molar refractivity (Wildman–Crippen MR) is 239 cm³/mol. The number of carbonyl (C=O) groups is 4. The summed E-state index contributed by atoms with van der Waals surface area (Å²) in [5.41, 5.74) is 2.60. The topological polar surface area (TPSA) is 184 Å². The highest BCUT2D eigenvalue weighted by atomic mass is 32.2. The number of hydrogen-bond acceptors (Lipinski definition) is 11. The number of nitrogens with one attached hydrogen (secondary N) is 3. The molecule has 4 saturated heterocycles. The maximum absolute atomic E-state index is 15.8. The highest BCUT2D eigenvalue weighted by Crippen LogP contribution is 2.34. The molecule has 5 aliphatic rings. The zero-order valence-corrected chi connectivity index (χ0v) is 36.6. The van der Waals surface area contributed by atoms with Crippen molar-refractivity contribution in [3.05, 3.63) is 101 Å². The molecular weight excluding hydrogens is 878 g/mol. The molecule has 2 atom stereocenters. The molecule has 0 saturated carbocycles. The number of carbonyl (C=O) groups excluding carboxylic acids is 4. The number of rotatable bonds is 11. The van der Waals surface area contributed by atoms with E-state index in [9.17, 15) is 32.0 Å². The first-order valence-corrected chi connectivity index (χ1v) is 23.6. The Labute approximate surface area is 378 Å². The van der Waals surface area contributed by atoms with Gasteiger partial charge in [0, 0.05) is 124 Å². The van der Waals surface area contributed by atoms with Gasteiger partial charge in [0.25, 0.3) is 5.91 Å². The first-order chi connectivity index (χ1) is 31.8. The Hall–Kier alpha value is -6.38. The van der Waals surface area contributed by atoms with E-state index in [1.54, 1.807) is 23.4 Å². The van der Waals surface area contributed by atoms with Crippen molar-refractivity contribution in [2.24, 2.45) is 5.92 Å². The van der Waals surface area contributed by atoms with Gasteiger partial charge in [-0.3, -0.25) is 34.1 Å². The fourth-order valence-corrected chi connectivity index (χ4v) is 11.1. The zero-order valence-electron chi connectivity index (χ0n) is 35.8. The average Bonchev–Trinajstić information content (AvgIpc) is 4.04. The molecule has 3 N–H and O–H groups in total. The van der Waals surface area contributed by atoms with Gasteiger partial charge in [0.1, 0.15) is 29.5 Å². The lowest BCUT2D eigenvalue weighted by atomic mass is 9.95. The molecule has 2 aromatic carbocycles. The Kier molecular flexibility index (Phi) is 11.5. The number of anilines is 3. The van der Waals surface area contributed by atoms with Gasteiger partial charge in [-0.15, -0.1) is 0 Å². The molecule has 3 aromatic heterocycles. The molecule has 3 amide bonds. The molecule has 344 valence electrons. The van der Waals surface area contributed by atoms with Crippen LogP contribution in [0.3, 0.4) is 0 Å². The summed E-state index contributed by atoms with van der Waals surface area (Å²) in [5, 5.41) is 2.67. The van der Waals surface area contributed by atoms with Crippen LogP contribution in [-0.2, 0) is 26.3 Å². The molecule has 5 aromatic rings. The Morgan fingerprint density at radius 1 is 0.848 bits per heavy atom. The first-order valence-electron chi connectivity index (χ1n) is 22.2. The van der Waals surface area contributed by atoms with E-state index in [4.69, 9.17) is 4.98 Å². The van der Waals surface area contributed by atoms with Crippen LogP contribution in [0, 0.1) is 17.6 Å². The van der Waals surface area contributed by atoms with Crippen LogP contribution in [0.25, 0.3) is 22.2 Å². The number of amides is 3. The Morgan fingerprint density at radius 3 is 2.36 bits per heavy atom. The number of pyridine rings is 2. The number of benzene rings is 2. The second kappa shape index (κ2) is 17.4. The number of ketones is 1. The molecule has 0 bridgehead atoms. The normalized spacial score (nSPS) is 21.2. The van der Waals surface area contributed by atoms with E-state index in [2.05, 4.69) is 36.1 Å². The van der Waals surface area contributed by atoms with E-state index in [0.29, 0.717) is 46.6 Å². The van der Waals surface area contributed by atoms with E-state index in [0.717, 1.165) is 92.2 Å². The van der Waals surface area contributed by atoms with Crippen molar-refractivity contribution in [3.8, 4) is 11.1 Å². The van der Waals surface area contributed by atoms with Gasteiger partial charge in [-0.1, -0.05) is 0 Å². The number of imide groups is 1. The Bertz CT molecular complexity index is 2870. The van der Waals surface area contributed by atoms with Gasteiger partial charge >= 0.3 is 10.2 Å². The van der Waals surface area contributed by atoms with Crippen molar-refractivity contribution in [3.63, 3.8) is 0 Å². The summed E-state index contributed by atoms with van der Waals surface area (Å²) in [6.45, 7) is 6.11. The van der Waals surface area contributed by atoms with Crippen LogP contribution < -0.4 is 19.8 Å². The van der Waals surface area contributed by atoms with Crippen LogP contribution >= 0.6 is 0 Å². The van der Waals surface area contributed by atoms with Crippen molar-refractivity contribution < 1.29 is 40.8 Å². The summed E-state index contributed by atoms with van der Waals surface area (Å²) in [6, 6.07) is 12.5. The van der Waals surface area contributed by atoms with Crippen LogP contribution in [0.5, 0.6) is 0 Å². The van der Waals surface area contributed by atoms with Crippen molar-refractivity contribution in [1.82, 2.24) is 34.4 Å². The second-order valence-corrected chi connectivity index (χ2v) is 19.3. The molecule has 10 rings (SSSR count). The minimum absolute atomic E-state index is 0.000471. The molecule has 1 unspecified atom stereocenters. The lowest BCUT2D eigenvalue weighted by Gasteiger charge is -2.39. The Morgan fingerprint density at radius 2 is 1.64 bits per heavy atom. The van der Waals surface area contributed by atoms with Gasteiger partial charge in [-0.05, 0) is 85.7 Å². The summed E-state index contributed by atoms with van der Waals surface area (Å²) in [4.78, 5) is 71.8. The molecule has 0 aliphatic carbocycles. The molecule has 5 aliphatic heterocycles. The summed E-state index contributed by atoms with van der Waals surface area (Å²) in [7, 11) is -4.36. The maximum atomic E-state index is 15.8. The van der Waals surface area contributed by atoms with Gasteiger partial charge < -0.3 is 19.7 Å². The number of aromatic amines is 1. The molecule has 20 heteroatoms. The fraction of sp³-hybridized carbons (Fsp3) is 0.391. The number of halogens is 3. The van der Waals surface area contributed by atoms with Crippen molar-refractivity contribution in [1.29, 1.82) is 0 Å². The largest absolute Gasteiger partial charge is 0.372 e. The monoisotopic (exact) mass is 924 g/mol. The van der Waals surface area contributed by atoms with Crippen LogP contribution in [0.4, 0.5) is 30.4 Å². The molecule has 0 spiro atoms. The zero-order chi connectivity index (χ0) is 45.9. The van der Waals surface area contributed by atoms with Gasteiger partial charge in [0.15, 0.2) is 5.82 Å². The smallest absolute Gasteiger partial charge is 0.301 e. The van der Waals surface area contributed by atoms with Crippen LogP contribution in [0.2, 0.25) is 0 Å². The quantitative estimate of drug-likeness (QED) is 0.124. The molecule has 66 heavy (non-hydrogen) atoms. The number of hydrogen-bond donors (Lipinski definition) is 3. The average molecular weight is 925 g/mol. The van der Waals surface area contributed by atoms with E-state index in [1.165, 1.54) is 6.20 Å². The minimum atomic E-state index is -4.36. The van der Waals surface area contributed by atoms with Gasteiger partial charge in [0.05, 0.1) is 11.3 Å². The number of aromatic nitrogens is 3. The van der Waals surface area contributed by atoms with Crippen LogP contribution in [-0.4, -0.2) is 132 Å². The summed E-state index contributed by atoms with van der Waals surface area (Å²) in [6.07, 6.45) is 5.94. The number of H-pyrrole nitrogens is 1. The minimum Gasteiger partial charge on any atom is -0.372 e. The van der Waals surface area contributed by atoms with Crippen LogP contribution in [0.15, 0.2) is 67.1 Å². The first kappa shape index (κ1) is 43.5.